The summed E-state index contributed by atoms with van der Waals surface area (Å²) < 4.78 is 61.5. The van der Waals surface area contributed by atoms with Gasteiger partial charge in [0, 0.05) is 60.0 Å². The number of oxime groups is 1. The van der Waals surface area contributed by atoms with Gasteiger partial charge in [0.1, 0.15) is 11.5 Å². The third-order valence-electron chi connectivity index (χ3n) is 6.80. The topological polar surface area (TPSA) is 178 Å². The highest BCUT2D eigenvalue weighted by molar-refractivity contribution is 7.90. The number of halogens is 1. The van der Waals surface area contributed by atoms with Crippen molar-refractivity contribution >= 4 is 54.5 Å². The Bertz CT molecular complexity index is 1740. The summed E-state index contributed by atoms with van der Waals surface area (Å²) in [7, 11) is -7.93. The summed E-state index contributed by atoms with van der Waals surface area (Å²) in [5, 5.41) is 6.97. The van der Waals surface area contributed by atoms with Crippen molar-refractivity contribution in [2.24, 2.45) is 5.16 Å². The number of hydrogen-bond acceptors (Lipinski definition) is 12. The van der Waals surface area contributed by atoms with E-state index in [2.05, 4.69) is 15.1 Å². The van der Waals surface area contributed by atoms with E-state index in [-0.39, 0.29) is 29.3 Å². The minimum Gasteiger partial charge on any atom is -0.466 e. The van der Waals surface area contributed by atoms with Crippen LogP contribution in [0.15, 0.2) is 46.2 Å². The van der Waals surface area contributed by atoms with Gasteiger partial charge in [-0.3, -0.25) is 9.35 Å². The van der Waals surface area contributed by atoms with Gasteiger partial charge in [0.15, 0.2) is 22.5 Å². The highest BCUT2D eigenvalue weighted by Gasteiger charge is 2.32. The second-order valence-electron chi connectivity index (χ2n) is 9.83. The number of thiazole rings is 1. The summed E-state index contributed by atoms with van der Waals surface area (Å²) in [6, 6.07) is 4.80. The molecule has 0 spiro atoms. The lowest BCUT2D eigenvalue weighted by Crippen LogP contribution is -2.40. The Morgan fingerprint density at radius 2 is 1.93 bits per heavy atom. The summed E-state index contributed by atoms with van der Waals surface area (Å²) in [5.41, 5.74) is 2.05. The molecule has 2 aliphatic rings. The zero-order valence-corrected chi connectivity index (χ0v) is 25.4. The molecule has 1 fully saturated rings. The van der Waals surface area contributed by atoms with Crippen molar-refractivity contribution in [3.05, 3.63) is 62.8 Å². The van der Waals surface area contributed by atoms with Crippen LogP contribution >= 0.6 is 22.9 Å². The summed E-state index contributed by atoms with van der Waals surface area (Å²) in [6.07, 6.45) is 4.60. The molecule has 3 aromatic rings. The van der Waals surface area contributed by atoms with Gasteiger partial charge in [-0.15, -0.1) is 11.3 Å². The van der Waals surface area contributed by atoms with Gasteiger partial charge in [-0.1, -0.05) is 28.9 Å². The highest BCUT2D eigenvalue weighted by atomic mass is 35.5. The zero-order valence-electron chi connectivity index (χ0n) is 22.2. The standard InChI is InChI=1S/C25H26ClN5O8S3/c1-41(33,34)25-23(27-7-8-28-25)38-12-21(32)31-9-5-15(6-10-31)24-29-19(13-40-24)18-11-20(39-30-18)22-16(14-42(35,36)37)3-2-4-17(22)26/h2-4,7-8,13,15,20H,5-6,9-12,14H2,1H3,(H,35,36,37). The summed E-state index contributed by atoms with van der Waals surface area (Å²) in [5.74, 6) is -0.943. The van der Waals surface area contributed by atoms with Gasteiger partial charge in [-0.05, 0) is 24.5 Å². The molecule has 1 unspecified atom stereocenters. The first-order valence-corrected chi connectivity index (χ1v) is 17.5. The van der Waals surface area contributed by atoms with Gasteiger partial charge < -0.3 is 14.5 Å². The number of rotatable bonds is 9. The minimum atomic E-state index is -4.27. The van der Waals surface area contributed by atoms with Crippen molar-refractivity contribution in [3.8, 4) is 5.88 Å². The molecule has 13 nitrogen and oxygen atoms in total. The number of hydrogen-bond donors (Lipinski definition) is 1. The molecular weight excluding hydrogens is 630 g/mol. The van der Waals surface area contributed by atoms with Crippen LogP contribution in [0.1, 0.15) is 53.1 Å². The second-order valence-corrected chi connectivity index (χ2v) is 14.5. The third-order valence-corrected chi connectivity index (χ3v) is 9.80. The number of amides is 1. The Hall–Kier alpha value is -3.18. The lowest BCUT2D eigenvalue weighted by Gasteiger charge is -2.31. The molecule has 0 bridgehead atoms. The third kappa shape index (κ3) is 7.06. The Kier molecular flexibility index (Phi) is 8.80. The van der Waals surface area contributed by atoms with Gasteiger partial charge in [0.25, 0.3) is 21.9 Å². The Balaban J connectivity index is 1.17. The zero-order chi connectivity index (χ0) is 30.1. The Labute approximate surface area is 251 Å². The number of piperidine rings is 1. The number of sulfone groups is 1. The normalized spacial score (nSPS) is 18.0. The SMILES string of the molecule is CS(=O)(=O)c1nccnc1OCC(=O)N1CCC(c2nc(C3=NOC(c4c(Cl)cccc4CS(=O)(=O)O)C3)cs2)CC1. The lowest BCUT2D eigenvalue weighted by atomic mass is 9.97. The first-order valence-electron chi connectivity index (χ1n) is 12.7. The van der Waals surface area contributed by atoms with E-state index in [4.69, 9.17) is 26.2 Å². The van der Waals surface area contributed by atoms with Crippen LogP contribution in [-0.4, -0.2) is 78.8 Å². The minimum absolute atomic E-state index is 0.134. The summed E-state index contributed by atoms with van der Waals surface area (Å²) in [4.78, 5) is 32.5. The summed E-state index contributed by atoms with van der Waals surface area (Å²) in [6.45, 7) is 0.609. The van der Waals surface area contributed by atoms with Crippen molar-refractivity contribution in [1.82, 2.24) is 19.9 Å². The molecule has 1 amide bonds. The molecule has 0 aliphatic carbocycles. The van der Waals surface area contributed by atoms with E-state index < -0.39 is 31.8 Å². The van der Waals surface area contributed by atoms with Gasteiger partial charge in [0.2, 0.25) is 5.03 Å². The predicted octanol–water partition coefficient (Wildman–Crippen LogP) is 3.03. The molecule has 42 heavy (non-hydrogen) atoms. The molecule has 1 aromatic carbocycles. The smallest absolute Gasteiger partial charge is 0.269 e. The van der Waals surface area contributed by atoms with Crippen molar-refractivity contribution in [2.75, 3.05) is 26.0 Å². The number of carbonyl (C=O) groups excluding carboxylic acids is 1. The molecule has 1 atom stereocenters. The van der Waals surface area contributed by atoms with Crippen LogP contribution in [0.2, 0.25) is 5.02 Å². The van der Waals surface area contributed by atoms with Gasteiger partial charge in [0.05, 0.1) is 10.7 Å². The van der Waals surface area contributed by atoms with Crippen LogP contribution in [-0.2, 0) is 35.3 Å². The van der Waals surface area contributed by atoms with Crippen LogP contribution < -0.4 is 4.74 Å². The molecule has 1 saturated heterocycles. The van der Waals surface area contributed by atoms with Crippen molar-refractivity contribution < 1.29 is 35.8 Å². The quantitative estimate of drug-likeness (QED) is 0.335. The molecule has 5 rings (SSSR count). The fourth-order valence-electron chi connectivity index (χ4n) is 4.82. The maximum Gasteiger partial charge on any atom is 0.269 e. The monoisotopic (exact) mass is 655 g/mol. The fraction of sp³-hybridized carbons (Fsp3) is 0.400. The van der Waals surface area contributed by atoms with E-state index in [1.54, 1.807) is 23.1 Å². The van der Waals surface area contributed by atoms with E-state index in [1.807, 2.05) is 5.38 Å². The average Bonchev–Trinajstić information content (AvgIpc) is 3.61. The van der Waals surface area contributed by atoms with Crippen LogP contribution in [0.4, 0.5) is 0 Å². The Morgan fingerprint density at radius 1 is 1.19 bits per heavy atom. The Morgan fingerprint density at radius 3 is 2.64 bits per heavy atom. The average molecular weight is 656 g/mol. The van der Waals surface area contributed by atoms with Crippen molar-refractivity contribution in [3.63, 3.8) is 0 Å². The number of nitrogens with zero attached hydrogens (tertiary/aromatic N) is 5. The van der Waals surface area contributed by atoms with Crippen molar-refractivity contribution in [2.45, 2.75) is 42.1 Å². The first-order chi connectivity index (χ1) is 19.9. The summed E-state index contributed by atoms with van der Waals surface area (Å²) >= 11 is 7.85. The molecule has 224 valence electrons. The number of likely N-dealkylation sites (tertiary alicyclic amines) is 1. The molecule has 4 heterocycles. The van der Waals surface area contributed by atoms with Crippen molar-refractivity contribution in [1.29, 1.82) is 0 Å². The van der Waals surface area contributed by atoms with E-state index in [0.717, 1.165) is 11.3 Å². The number of aromatic nitrogens is 3. The number of carbonyl (C=O) groups is 1. The molecule has 1 N–H and O–H groups in total. The highest BCUT2D eigenvalue weighted by Crippen LogP contribution is 2.38. The molecule has 2 aliphatic heterocycles. The predicted molar refractivity (Wildman–Crippen MR) is 153 cm³/mol. The van der Waals surface area contributed by atoms with Crippen LogP contribution in [0.3, 0.4) is 0 Å². The molecular formula is C25H26ClN5O8S3. The first kappa shape index (κ1) is 30.3. The van der Waals surface area contributed by atoms with Crippen LogP contribution in [0, 0.1) is 0 Å². The van der Waals surface area contributed by atoms with Gasteiger partial charge in [-0.25, -0.2) is 23.4 Å². The van der Waals surface area contributed by atoms with Gasteiger partial charge in [-0.2, -0.15) is 8.42 Å². The number of benzene rings is 1. The van der Waals surface area contributed by atoms with E-state index in [0.29, 0.717) is 59.9 Å². The maximum atomic E-state index is 12.7. The van der Waals surface area contributed by atoms with E-state index >= 15 is 0 Å². The number of ether oxygens (including phenoxy) is 1. The molecule has 17 heteroatoms. The lowest BCUT2D eigenvalue weighted by molar-refractivity contribution is -0.134. The second kappa shape index (κ2) is 12.2. The molecule has 0 saturated carbocycles. The van der Waals surface area contributed by atoms with E-state index in [9.17, 15) is 26.2 Å². The van der Waals surface area contributed by atoms with E-state index in [1.165, 1.54) is 23.7 Å². The fourth-order valence-corrected chi connectivity index (χ4v) is 7.46. The molecule has 2 aromatic heterocycles. The van der Waals surface area contributed by atoms with Crippen LogP contribution in [0.5, 0.6) is 5.88 Å². The largest absolute Gasteiger partial charge is 0.466 e. The van der Waals surface area contributed by atoms with Crippen LogP contribution in [0.25, 0.3) is 0 Å². The maximum absolute atomic E-state index is 12.7. The molecule has 0 radical (unpaired) electrons. The van der Waals surface area contributed by atoms with Gasteiger partial charge >= 0.3 is 0 Å².